The van der Waals surface area contributed by atoms with E-state index in [1.54, 1.807) is 19.3 Å². The van der Waals surface area contributed by atoms with Gasteiger partial charge in [-0.25, -0.2) is 9.37 Å². The number of H-pyrrole nitrogens is 1. The number of benzene rings is 3. The highest BCUT2D eigenvalue weighted by Crippen LogP contribution is 2.40. The average molecular weight is 643 g/mol. The number of oxazole rings is 1. The minimum Gasteiger partial charge on any atom is -0.481 e. The average Bonchev–Trinajstić information content (AvgIpc) is 3.69. The highest BCUT2D eigenvalue weighted by Gasteiger charge is 2.24. The molecule has 8 heteroatoms. The first-order chi connectivity index (χ1) is 21.7. The fourth-order valence-electron chi connectivity index (χ4n) is 6.21. The number of aryl methyl sites for hydroxylation is 1. The highest BCUT2D eigenvalue weighted by molar-refractivity contribution is 7.99. The van der Waals surface area contributed by atoms with Crippen LogP contribution in [0.1, 0.15) is 68.3 Å². The van der Waals surface area contributed by atoms with Gasteiger partial charge in [0.1, 0.15) is 12.1 Å². The van der Waals surface area contributed by atoms with Crippen molar-refractivity contribution in [2.75, 3.05) is 11.5 Å². The van der Waals surface area contributed by atoms with Crippen LogP contribution in [-0.2, 0) is 17.6 Å². The standard InChI is InChI=1S/C37H39FN2O3S2/c1-23(36(41)42)17-24-7-4-8-25(18-24)28-11-6-14-37(2,3)22-44-16-13-30-29-12-15-39-32(29)20-31(38)34(30)45-27-10-5-9-26(19-27)35-40-33(28)21-43-35/h4-5,7-10,12,15,18-21,23,28,39H,6,11,13-14,16-17,22H2,1-3H3,(H,41,42). The third-order valence-electron chi connectivity index (χ3n) is 8.70. The van der Waals surface area contributed by atoms with Crippen LogP contribution in [0.2, 0.25) is 0 Å². The molecule has 0 aliphatic carbocycles. The molecule has 2 aromatic heterocycles. The summed E-state index contributed by atoms with van der Waals surface area (Å²) in [5.41, 5.74) is 5.86. The molecule has 4 bridgehead atoms. The summed E-state index contributed by atoms with van der Waals surface area (Å²) in [5.74, 6) is 1.04. The van der Waals surface area contributed by atoms with Crippen molar-refractivity contribution in [2.24, 2.45) is 11.3 Å². The normalized spacial score (nSPS) is 18.1. The number of aromatic nitrogens is 2. The second-order valence-electron chi connectivity index (χ2n) is 12.9. The molecule has 0 amide bonds. The van der Waals surface area contributed by atoms with Gasteiger partial charge in [0, 0.05) is 33.5 Å². The summed E-state index contributed by atoms with van der Waals surface area (Å²) >= 11 is 3.40. The number of thioether (sulfide) groups is 1. The number of halogens is 1. The van der Waals surface area contributed by atoms with Gasteiger partial charge in [0.05, 0.1) is 16.5 Å². The Morgan fingerprint density at radius 3 is 2.87 bits per heavy atom. The SMILES string of the molecule is CC(Cc1cccc(C2CCCC(C)(C)CSCCc3c(c(F)cc4[nH]ccc34)Sc3cccc(c3)-c3nc2co3)c1)C(=O)O. The smallest absolute Gasteiger partial charge is 0.306 e. The first kappa shape index (κ1) is 31.5. The van der Waals surface area contributed by atoms with Crippen LogP contribution in [0.15, 0.2) is 87.3 Å². The number of hydrogen-bond donors (Lipinski definition) is 2. The second-order valence-corrected chi connectivity index (χ2v) is 15.1. The fraction of sp³-hybridized carbons (Fsp3) is 0.351. The molecule has 234 valence electrons. The molecular formula is C37H39FN2O3S2. The van der Waals surface area contributed by atoms with E-state index >= 15 is 4.39 Å². The van der Waals surface area contributed by atoms with Gasteiger partial charge < -0.3 is 14.5 Å². The number of carboxylic acid groups (broad SMARTS) is 1. The number of carboxylic acids is 1. The molecule has 1 aliphatic rings. The van der Waals surface area contributed by atoms with E-state index in [-0.39, 0.29) is 17.2 Å². The molecule has 5 nitrogen and oxygen atoms in total. The quantitative estimate of drug-likeness (QED) is 0.203. The van der Waals surface area contributed by atoms with Crippen LogP contribution in [0.4, 0.5) is 4.39 Å². The summed E-state index contributed by atoms with van der Waals surface area (Å²) in [6, 6.07) is 19.9. The van der Waals surface area contributed by atoms with Crippen LogP contribution < -0.4 is 0 Å². The zero-order chi connectivity index (χ0) is 31.6. The number of nitrogens with zero attached hydrogens (tertiary/aromatic N) is 1. The minimum absolute atomic E-state index is 0.0206. The molecule has 0 saturated carbocycles. The molecule has 3 aromatic carbocycles. The summed E-state index contributed by atoms with van der Waals surface area (Å²) < 4.78 is 21.7. The predicted molar refractivity (Wildman–Crippen MR) is 182 cm³/mol. The van der Waals surface area contributed by atoms with Crippen LogP contribution in [0, 0.1) is 17.2 Å². The molecule has 2 atom stereocenters. The summed E-state index contributed by atoms with van der Waals surface area (Å²) in [7, 11) is 0. The summed E-state index contributed by atoms with van der Waals surface area (Å²) in [6.45, 7) is 6.40. The van der Waals surface area contributed by atoms with Gasteiger partial charge in [-0.15, -0.1) is 0 Å². The van der Waals surface area contributed by atoms with Crippen LogP contribution in [-0.4, -0.2) is 32.5 Å². The lowest BCUT2D eigenvalue weighted by Gasteiger charge is -2.25. The number of fused-ring (bicyclic) bond motifs is 8. The molecule has 1 aliphatic heterocycles. The maximum atomic E-state index is 15.6. The first-order valence-corrected chi connectivity index (χ1v) is 17.6. The van der Waals surface area contributed by atoms with Gasteiger partial charge in [0.25, 0.3) is 0 Å². The number of hydrogen-bond acceptors (Lipinski definition) is 5. The Balaban J connectivity index is 1.38. The van der Waals surface area contributed by atoms with Crippen LogP contribution in [0.3, 0.4) is 0 Å². The van der Waals surface area contributed by atoms with Gasteiger partial charge in [0.15, 0.2) is 0 Å². The lowest BCUT2D eigenvalue weighted by atomic mass is 9.84. The lowest BCUT2D eigenvalue weighted by molar-refractivity contribution is -0.141. The molecule has 45 heavy (non-hydrogen) atoms. The van der Waals surface area contributed by atoms with Crippen LogP contribution in [0.5, 0.6) is 0 Å². The molecule has 0 spiro atoms. The zero-order valence-corrected chi connectivity index (χ0v) is 27.6. The van der Waals surface area contributed by atoms with Crippen molar-refractivity contribution in [3.05, 3.63) is 101 Å². The van der Waals surface area contributed by atoms with Gasteiger partial charge in [-0.05, 0) is 89.6 Å². The Morgan fingerprint density at radius 2 is 2.02 bits per heavy atom. The number of rotatable bonds is 4. The molecule has 6 rings (SSSR count). The molecule has 2 unspecified atom stereocenters. The Labute approximate surface area is 272 Å². The summed E-state index contributed by atoms with van der Waals surface area (Å²) in [4.78, 5) is 21.3. The first-order valence-electron chi connectivity index (χ1n) is 15.6. The van der Waals surface area contributed by atoms with Crippen LogP contribution >= 0.6 is 23.5 Å². The number of aromatic amines is 1. The molecule has 0 fully saturated rings. The van der Waals surface area contributed by atoms with E-state index in [0.29, 0.717) is 17.2 Å². The fourth-order valence-corrected chi connectivity index (χ4v) is 8.46. The van der Waals surface area contributed by atoms with Crippen molar-refractivity contribution in [2.45, 2.75) is 68.6 Å². The van der Waals surface area contributed by atoms with E-state index in [2.05, 4.69) is 37.0 Å². The van der Waals surface area contributed by atoms with E-state index in [0.717, 1.165) is 80.9 Å². The Kier molecular flexibility index (Phi) is 9.43. The molecule has 2 N–H and O–H groups in total. The van der Waals surface area contributed by atoms with Crippen molar-refractivity contribution in [3.63, 3.8) is 0 Å². The molecular weight excluding hydrogens is 604 g/mol. The van der Waals surface area contributed by atoms with Gasteiger partial charge in [-0.2, -0.15) is 11.8 Å². The number of aliphatic carboxylic acids is 1. The van der Waals surface area contributed by atoms with Crippen molar-refractivity contribution in [3.8, 4) is 11.5 Å². The van der Waals surface area contributed by atoms with Gasteiger partial charge in [0.2, 0.25) is 5.89 Å². The van der Waals surface area contributed by atoms with E-state index in [4.69, 9.17) is 9.40 Å². The number of carbonyl (C=O) groups is 1. The monoisotopic (exact) mass is 642 g/mol. The maximum Gasteiger partial charge on any atom is 0.306 e. The lowest BCUT2D eigenvalue weighted by Crippen LogP contribution is -2.16. The summed E-state index contributed by atoms with van der Waals surface area (Å²) in [6.07, 6.45) is 7.90. The Hall–Kier alpha value is -3.49. The van der Waals surface area contributed by atoms with Crippen molar-refractivity contribution >= 4 is 40.4 Å². The topological polar surface area (TPSA) is 79.1 Å². The Bertz CT molecular complexity index is 1810. The van der Waals surface area contributed by atoms with Crippen molar-refractivity contribution < 1.29 is 18.7 Å². The van der Waals surface area contributed by atoms with Gasteiger partial charge in [-0.3, -0.25) is 4.79 Å². The molecule has 3 heterocycles. The van der Waals surface area contributed by atoms with E-state index in [9.17, 15) is 9.90 Å². The highest BCUT2D eigenvalue weighted by atomic mass is 32.2. The van der Waals surface area contributed by atoms with Crippen LogP contribution in [0.25, 0.3) is 22.4 Å². The molecule has 5 aromatic rings. The summed E-state index contributed by atoms with van der Waals surface area (Å²) in [5, 5.41) is 10.5. The third kappa shape index (κ3) is 7.33. The van der Waals surface area contributed by atoms with E-state index in [1.807, 2.05) is 54.4 Å². The van der Waals surface area contributed by atoms with Gasteiger partial charge >= 0.3 is 5.97 Å². The van der Waals surface area contributed by atoms with E-state index < -0.39 is 11.9 Å². The Morgan fingerprint density at radius 1 is 1.18 bits per heavy atom. The largest absolute Gasteiger partial charge is 0.481 e. The second kappa shape index (κ2) is 13.5. The van der Waals surface area contributed by atoms with E-state index in [1.165, 1.54) is 11.8 Å². The van der Waals surface area contributed by atoms with Crippen molar-refractivity contribution in [1.82, 2.24) is 9.97 Å². The number of nitrogens with one attached hydrogen (secondary N) is 1. The molecule has 0 saturated heterocycles. The van der Waals surface area contributed by atoms with Crippen molar-refractivity contribution in [1.29, 1.82) is 0 Å². The maximum absolute atomic E-state index is 15.6. The minimum atomic E-state index is -0.790. The van der Waals surface area contributed by atoms with Gasteiger partial charge in [-0.1, -0.05) is 69.3 Å². The third-order valence-corrected chi connectivity index (χ3v) is 11.3. The zero-order valence-electron chi connectivity index (χ0n) is 25.9. The molecule has 0 radical (unpaired) electrons. The predicted octanol–water partition coefficient (Wildman–Crippen LogP) is 9.99.